The largest absolute Gasteiger partial charge is 0.372 e. The van der Waals surface area contributed by atoms with Crippen LogP contribution < -0.4 is 5.32 Å². The van der Waals surface area contributed by atoms with E-state index in [4.69, 9.17) is 0 Å². The highest BCUT2D eigenvalue weighted by molar-refractivity contribution is 7.16. The molecule has 0 aliphatic heterocycles. The van der Waals surface area contributed by atoms with Crippen LogP contribution in [0, 0.1) is 11.6 Å². The van der Waals surface area contributed by atoms with Gasteiger partial charge in [-0.05, 0) is 23.6 Å². The zero-order valence-corrected chi connectivity index (χ0v) is 10.8. The van der Waals surface area contributed by atoms with Gasteiger partial charge in [-0.2, -0.15) is 0 Å². The molecule has 1 N–H and O–H groups in total. The second kappa shape index (κ2) is 4.55. The number of hydrogen-bond donors (Lipinski definition) is 1. The first-order valence-corrected chi connectivity index (χ1v) is 6.46. The third-order valence-electron chi connectivity index (χ3n) is 2.75. The Morgan fingerprint density at radius 3 is 2.53 bits per heavy atom. The Hall–Kier alpha value is -2.08. The SMILES string of the molecule is CNc1nc(-c2c(F)cccc2F)nc2sccc12. The van der Waals surface area contributed by atoms with Gasteiger partial charge in [-0.3, -0.25) is 0 Å². The Balaban J connectivity index is 2.31. The Labute approximate surface area is 111 Å². The molecule has 0 radical (unpaired) electrons. The maximum absolute atomic E-state index is 13.8. The van der Waals surface area contributed by atoms with Crippen LogP contribution in [-0.4, -0.2) is 17.0 Å². The van der Waals surface area contributed by atoms with E-state index in [1.165, 1.54) is 29.5 Å². The average Bonchev–Trinajstić information content (AvgIpc) is 2.85. The van der Waals surface area contributed by atoms with E-state index in [1.54, 1.807) is 7.05 Å². The minimum absolute atomic E-state index is 0.0508. The van der Waals surface area contributed by atoms with E-state index in [0.29, 0.717) is 10.6 Å². The quantitative estimate of drug-likeness (QED) is 0.776. The molecule has 2 aromatic heterocycles. The van der Waals surface area contributed by atoms with E-state index in [9.17, 15) is 8.78 Å². The number of benzene rings is 1. The van der Waals surface area contributed by atoms with E-state index < -0.39 is 11.6 Å². The lowest BCUT2D eigenvalue weighted by atomic mass is 10.2. The van der Waals surface area contributed by atoms with Crippen LogP contribution in [0.5, 0.6) is 0 Å². The van der Waals surface area contributed by atoms with Gasteiger partial charge in [0.2, 0.25) is 0 Å². The Bertz CT molecular complexity index is 734. The molecule has 0 aliphatic carbocycles. The third-order valence-corrected chi connectivity index (χ3v) is 3.55. The molecule has 0 spiro atoms. The summed E-state index contributed by atoms with van der Waals surface area (Å²) < 4.78 is 27.5. The molecule has 0 fully saturated rings. The van der Waals surface area contributed by atoms with Crippen molar-refractivity contribution in [1.82, 2.24) is 9.97 Å². The molecule has 19 heavy (non-hydrogen) atoms. The summed E-state index contributed by atoms with van der Waals surface area (Å²) in [5, 5.41) is 5.62. The summed E-state index contributed by atoms with van der Waals surface area (Å²) in [5.41, 5.74) is -0.200. The summed E-state index contributed by atoms with van der Waals surface area (Å²) in [7, 11) is 1.71. The zero-order chi connectivity index (χ0) is 13.4. The first-order chi connectivity index (χ1) is 9.20. The van der Waals surface area contributed by atoms with Crippen molar-refractivity contribution < 1.29 is 8.78 Å². The molecular formula is C13H9F2N3S. The number of nitrogens with one attached hydrogen (secondary N) is 1. The van der Waals surface area contributed by atoms with Gasteiger partial charge in [0, 0.05) is 7.05 Å². The van der Waals surface area contributed by atoms with Gasteiger partial charge in [-0.15, -0.1) is 11.3 Å². The van der Waals surface area contributed by atoms with Crippen LogP contribution in [0.25, 0.3) is 21.6 Å². The van der Waals surface area contributed by atoms with Crippen LogP contribution in [-0.2, 0) is 0 Å². The molecule has 6 heteroatoms. The molecule has 1 aromatic carbocycles. The third kappa shape index (κ3) is 1.94. The second-order valence-corrected chi connectivity index (χ2v) is 4.78. The van der Waals surface area contributed by atoms with Crippen LogP contribution in [0.3, 0.4) is 0 Å². The lowest BCUT2D eigenvalue weighted by molar-refractivity contribution is 0.587. The lowest BCUT2D eigenvalue weighted by Crippen LogP contribution is -2.00. The highest BCUT2D eigenvalue weighted by Gasteiger charge is 2.16. The summed E-state index contributed by atoms with van der Waals surface area (Å²) in [4.78, 5) is 9.10. The summed E-state index contributed by atoms with van der Waals surface area (Å²) in [6, 6.07) is 5.57. The summed E-state index contributed by atoms with van der Waals surface area (Å²) >= 11 is 1.40. The molecular weight excluding hydrogens is 268 g/mol. The first-order valence-electron chi connectivity index (χ1n) is 5.58. The molecule has 0 saturated carbocycles. The van der Waals surface area contributed by atoms with Gasteiger partial charge in [0.15, 0.2) is 5.82 Å². The Morgan fingerprint density at radius 2 is 1.84 bits per heavy atom. The number of hydrogen-bond acceptors (Lipinski definition) is 4. The fourth-order valence-electron chi connectivity index (χ4n) is 1.87. The number of aromatic nitrogens is 2. The van der Waals surface area contributed by atoms with Crippen molar-refractivity contribution >= 4 is 27.4 Å². The predicted molar refractivity (Wildman–Crippen MR) is 72.3 cm³/mol. The number of rotatable bonds is 2. The van der Waals surface area contributed by atoms with Crippen LogP contribution in [0.2, 0.25) is 0 Å². The minimum atomic E-state index is -0.669. The topological polar surface area (TPSA) is 37.8 Å². The number of thiophene rings is 1. The smallest absolute Gasteiger partial charge is 0.169 e. The molecule has 3 nitrogen and oxygen atoms in total. The number of nitrogens with zero attached hydrogens (tertiary/aromatic N) is 2. The van der Waals surface area contributed by atoms with Gasteiger partial charge in [-0.1, -0.05) is 6.07 Å². The van der Waals surface area contributed by atoms with Crippen LogP contribution >= 0.6 is 11.3 Å². The van der Waals surface area contributed by atoms with Crippen molar-refractivity contribution in [1.29, 1.82) is 0 Å². The van der Waals surface area contributed by atoms with Gasteiger partial charge in [0.25, 0.3) is 0 Å². The normalized spacial score (nSPS) is 10.9. The van der Waals surface area contributed by atoms with Crippen LogP contribution in [0.4, 0.5) is 14.6 Å². The Kier molecular flexibility index (Phi) is 2.87. The van der Waals surface area contributed by atoms with E-state index in [0.717, 1.165) is 5.39 Å². The molecule has 0 atom stereocenters. The molecule has 0 saturated heterocycles. The van der Waals surface area contributed by atoms with E-state index in [2.05, 4.69) is 15.3 Å². The molecule has 2 heterocycles. The van der Waals surface area contributed by atoms with Gasteiger partial charge >= 0.3 is 0 Å². The maximum Gasteiger partial charge on any atom is 0.169 e. The van der Waals surface area contributed by atoms with Gasteiger partial charge in [0.1, 0.15) is 22.3 Å². The molecule has 3 aromatic rings. The number of halogens is 2. The molecule has 96 valence electrons. The van der Waals surface area contributed by atoms with Crippen molar-refractivity contribution in [3.05, 3.63) is 41.3 Å². The van der Waals surface area contributed by atoms with Crippen molar-refractivity contribution in [3.8, 4) is 11.4 Å². The van der Waals surface area contributed by atoms with Gasteiger partial charge in [-0.25, -0.2) is 18.7 Å². The van der Waals surface area contributed by atoms with Crippen molar-refractivity contribution in [3.63, 3.8) is 0 Å². The van der Waals surface area contributed by atoms with Gasteiger partial charge in [0.05, 0.1) is 10.9 Å². The van der Waals surface area contributed by atoms with Crippen molar-refractivity contribution in [2.45, 2.75) is 0 Å². The minimum Gasteiger partial charge on any atom is -0.372 e. The van der Waals surface area contributed by atoms with Crippen LogP contribution in [0.1, 0.15) is 0 Å². The highest BCUT2D eigenvalue weighted by atomic mass is 32.1. The highest BCUT2D eigenvalue weighted by Crippen LogP contribution is 2.30. The molecule has 0 amide bonds. The number of anilines is 1. The maximum atomic E-state index is 13.8. The zero-order valence-electron chi connectivity index (χ0n) is 9.95. The Morgan fingerprint density at radius 1 is 1.11 bits per heavy atom. The average molecular weight is 277 g/mol. The van der Waals surface area contributed by atoms with Crippen LogP contribution in [0.15, 0.2) is 29.6 Å². The van der Waals surface area contributed by atoms with E-state index in [1.807, 2.05) is 11.4 Å². The fraction of sp³-hybridized carbons (Fsp3) is 0.0769. The summed E-state index contributed by atoms with van der Waals surface area (Å²) in [6.07, 6.45) is 0. The molecule has 0 bridgehead atoms. The molecule has 3 rings (SSSR count). The second-order valence-electron chi connectivity index (χ2n) is 3.88. The number of fused-ring (bicyclic) bond motifs is 1. The monoisotopic (exact) mass is 277 g/mol. The fourth-order valence-corrected chi connectivity index (χ4v) is 2.63. The summed E-state index contributed by atoms with van der Waals surface area (Å²) in [6.45, 7) is 0. The molecule has 0 unspecified atom stereocenters. The lowest BCUT2D eigenvalue weighted by Gasteiger charge is -2.07. The van der Waals surface area contributed by atoms with Crippen molar-refractivity contribution in [2.75, 3.05) is 12.4 Å². The summed E-state index contributed by atoms with van der Waals surface area (Å²) in [5.74, 6) is -0.727. The molecule has 0 aliphatic rings. The predicted octanol–water partition coefficient (Wildman–Crippen LogP) is 3.68. The van der Waals surface area contributed by atoms with E-state index >= 15 is 0 Å². The van der Waals surface area contributed by atoms with Gasteiger partial charge < -0.3 is 5.32 Å². The standard InChI is InChI=1S/C13H9F2N3S/c1-16-11-7-5-6-19-13(7)18-12(17-11)10-8(14)3-2-4-9(10)15/h2-6H,1H3,(H,16,17,18). The van der Waals surface area contributed by atoms with E-state index in [-0.39, 0.29) is 11.4 Å². The van der Waals surface area contributed by atoms with Crippen molar-refractivity contribution in [2.24, 2.45) is 0 Å². The first kappa shape index (κ1) is 12.0.